The molecule has 0 saturated heterocycles. The molecule has 0 aromatic heterocycles. The smallest absolute Gasteiger partial charge is 0.0745 e. The number of hydrogen-bond donors (Lipinski definition) is 2. The Morgan fingerprint density at radius 1 is 1.50 bits per heavy atom. The first kappa shape index (κ1) is 9.88. The first-order valence-corrected chi connectivity index (χ1v) is 3.75. The molecule has 3 nitrogen and oxygen atoms in total. The molecule has 0 saturated carbocycles. The standard InChI is InChI=1S/C7H19N3/c1-5-9-7(6(2)8)10(3)4/h6-7,9H,5,8H2,1-4H3/t6-,7+/m0/s1. The van der Waals surface area contributed by atoms with Crippen molar-refractivity contribution in [3.8, 4) is 0 Å². The number of likely N-dealkylation sites (N-methyl/N-ethyl adjacent to an activating group) is 2. The van der Waals surface area contributed by atoms with Gasteiger partial charge in [0.05, 0.1) is 6.17 Å². The number of rotatable bonds is 4. The third-order valence-corrected chi connectivity index (χ3v) is 1.47. The zero-order chi connectivity index (χ0) is 8.15. The van der Waals surface area contributed by atoms with Crippen LogP contribution in [0.1, 0.15) is 13.8 Å². The normalized spacial score (nSPS) is 17.4. The van der Waals surface area contributed by atoms with E-state index in [4.69, 9.17) is 5.73 Å². The lowest BCUT2D eigenvalue weighted by atomic mass is 10.2. The molecule has 10 heavy (non-hydrogen) atoms. The van der Waals surface area contributed by atoms with E-state index in [1.54, 1.807) is 0 Å². The summed E-state index contributed by atoms with van der Waals surface area (Å²) in [6, 6.07) is 0.176. The van der Waals surface area contributed by atoms with Crippen LogP contribution in [-0.4, -0.2) is 37.7 Å². The molecule has 3 heteroatoms. The van der Waals surface area contributed by atoms with Crippen LogP contribution in [-0.2, 0) is 0 Å². The molecule has 2 atom stereocenters. The van der Waals surface area contributed by atoms with Gasteiger partial charge in [0, 0.05) is 6.04 Å². The molecule has 0 rings (SSSR count). The van der Waals surface area contributed by atoms with Gasteiger partial charge in [-0.25, -0.2) is 0 Å². The second-order valence-corrected chi connectivity index (χ2v) is 2.83. The fourth-order valence-electron chi connectivity index (χ4n) is 1.05. The van der Waals surface area contributed by atoms with Crippen molar-refractivity contribution in [2.24, 2.45) is 5.73 Å². The van der Waals surface area contributed by atoms with Crippen LogP contribution in [0.5, 0.6) is 0 Å². The zero-order valence-electron chi connectivity index (χ0n) is 7.39. The molecule has 0 aromatic rings. The highest BCUT2D eigenvalue weighted by Crippen LogP contribution is 1.91. The lowest BCUT2D eigenvalue weighted by Gasteiger charge is -2.28. The molecule has 3 N–H and O–H groups in total. The maximum atomic E-state index is 5.72. The molecule has 0 aliphatic rings. The molecule has 0 heterocycles. The molecule has 62 valence electrons. The topological polar surface area (TPSA) is 41.3 Å². The molecule has 0 aromatic carbocycles. The van der Waals surface area contributed by atoms with E-state index in [9.17, 15) is 0 Å². The quantitative estimate of drug-likeness (QED) is 0.540. The molecule has 0 bridgehead atoms. The van der Waals surface area contributed by atoms with Crippen molar-refractivity contribution < 1.29 is 0 Å². The third kappa shape index (κ3) is 3.15. The molecule has 0 radical (unpaired) electrons. The van der Waals surface area contributed by atoms with E-state index >= 15 is 0 Å². The predicted molar refractivity (Wildman–Crippen MR) is 44.8 cm³/mol. The largest absolute Gasteiger partial charge is 0.325 e. The molecular formula is C7H19N3. The highest BCUT2D eigenvalue weighted by Gasteiger charge is 2.13. The number of nitrogens with one attached hydrogen (secondary N) is 1. The Bertz CT molecular complexity index is 72.9. The van der Waals surface area contributed by atoms with E-state index in [0.717, 1.165) is 6.54 Å². The Morgan fingerprint density at radius 3 is 2.10 bits per heavy atom. The summed E-state index contributed by atoms with van der Waals surface area (Å²) in [7, 11) is 4.05. The van der Waals surface area contributed by atoms with Crippen LogP contribution in [0.25, 0.3) is 0 Å². The first-order valence-electron chi connectivity index (χ1n) is 3.75. The van der Waals surface area contributed by atoms with Crippen LogP contribution in [0.3, 0.4) is 0 Å². The SMILES string of the molecule is CCN[C@@H]([C@H](C)N)N(C)C. The van der Waals surface area contributed by atoms with Crippen LogP contribution in [0.2, 0.25) is 0 Å². The first-order chi connectivity index (χ1) is 4.59. The summed E-state index contributed by atoms with van der Waals surface area (Å²) in [5, 5.41) is 3.28. The summed E-state index contributed by atoms with van der Waals surface area (Å²) in [4.78, 5) is 2.09. The van der Waals surface area contributed by atoms with Gasteiger partial charge in [0.1, 0.15) is 0 Å². The van der Waals surface area contributed by atoms with E-state index in [2.05, 4.69) is 17.1 Å². The third-order valence-electron chi connectivity index (χ3n) is 1.47. The molecule has 0 aliphatic carbocycles. The van der Waals surface area contributed by atoms with Crippen molar-refractivity contribution in [1.29, 1.82) is 0 Å². The van der Waals surface area contributed by atoms with Gasteiger partial charge in [-0.15, -0.1) is 0 Å². The van der Waals surface area contributed by atoms with Crippen LogP contribution >= 0.6 is 0 Å². The highest BCUT2D eigenvalue weighted by molar-refractivity contribution is 4.71. The van der Waals surface area contributed by atoms with Crippen molar-refractivity contribution in [1.82, 2.24) is 10.2 Å². The molecule has 0 fully saturated rings. The van der Waals surface area contributed by atoms with Gasteiger partial charge < -0.3 is 11.1 Å². The summed E-state index contributed by atoms with van der Waals surface area (Å²) in [6.45, 7) is 5.05. The average Bonchev–Trinajstić information content (AvgIpc) is 1.81. The zero-order valence-corrected chi connectivity index (χ0v) is 7.39. The predicted octanol–water partition coefficient (Wildman–Crippen LogP) is -0.169. The Balaban J connectivity index is 3.73. The Morgan fingerprint density at radius 2 is 2.00 bits per heavy atom. The highest BCUT2D eigenvalue weighted by atomic mass is 15.2. The van der Waals surface area contributed by atoms with Crippen LogP contribution in [0.15, 0.2) is 0 Å². The number of nitrogens with two attached hydrogens (primary N) is 1. The van der Waals surface area contributed by atoms with E-state index in [0.29, 0.717) is 6.17 Å². The maximum Gasteiger partial charge on any atom is 0.0745 e. The van der Waals surface area contributed by atoms with Crippen molar-refractivity contribution in [2.75, 3.05) is 20.6 Å². The van der Waals surface area contributed by atoms with Crippen molar-refractivity contribution in [3.05, 3.63) is 0 Å². The molecule has 0 aliphatic heterocycles. The summed E-state index contributed by atoms with van der Waals surface area (Å²) < 4.78 is 0. The number of hydrogen-bond acceptors (Lipinski definition) is 3. The van der Waals surface area contributed by atoms with Gasteiger partial charge >= 0.3 is 0 Å². The monoisotopic (exact) mass is 145 g/mol. The van der Waals surface area contributed by atoms with Crippen LogP contribution < -0.4 is 11.1 Å². The molecule has 0 spiro atoms. The summed E-state index contributed by atoms with van der Waals surface area (Å²) in [6.07, 6.45) is 0.296. The van der Waals surface area contributed by atoms with E-state index < -0.39 is 0 Å². The average molecular weight is 145 g/mol. The Kier molecular flexibility index (Phi) is 4.60. The minimum atomic E-state index is 0.176. The van der Waals surface area contributed by atoms with Crippen molar-refractivity contribution in [2.45, 2.75) is 26.1 Å². The molecular weight excluding hydrogens is 126 g/mol. The lowest BCUT2D eigenvalue weighted by molar-refractivity contribution is 0.220. The van der Waals surface area contributed by atoms with Gasteiger partial charge in [0.25, 0.3) is 0 Å². The fraction of sp³-hybridized carbons (Fsp3) is 1.00. The minimum absolute atomic E-state index is 0.176. The van der Waals surface area contributed by atoms with Gasteiger partial charge in [-0.05, 0) is 27.6 Å². The van der Waals surface area contributed by atoms with E-state index in [1.165, 1.54) is 0 Å². The maximum absolute atomic E-state index is 5.72. The number of nitrogens with zero attached hydrogens (tertiary/aromatic N) is 1. The van der Waals surface area contributed by atoms with Gasteiger partial charge in [0.15, 0.2) is 0 Å². The van der Waals surface area contributed by atoms with Gasteiger partial charge in [0.2, 0.25) is 0 Å². The van der Waals surface area contributed by atoms with Gasteiger partial charge in [-0.2, -0.15) is 0 Å². The van der Waals surface area contributed by atoms with Crippen molar-refractivity contribution >= 4 is 0 Å². The Hall–Kier alpha value is -0.120. The summed E-state index contributed by atoms with van der Waals surface area (Å²) >= 11 is 0. The fourth-order valence-corrected chi connectivity index (χ4v) is 1.05. The molecule has 0 amide bonds. The van der Waals surface area contributed by atoms with Crippen LogP contribution in [0, 0.1) is 0 Å². The van der Waals surface area contributed by atoms with E-state index in [1.807, 2.05) is 21.0 Å². The molecule has 0 unspecified atom stereocenters. The van der Waals surface area contributed by atoms with Gasteiger partial charge in [-0.1, -0.05) is 6.92 Å². The van der Waals surface area contributed by atoms with E-state index in [-0.39, 0.29) is 6.04 Å². The minimum Gasteiger partial charge on any atom is -0.325 e. The second kappa shape index (κ2) is 4.66. The van der Waals surface area contributed by atoms with Gasteiger partial charge in [-0.3, -0.25) is 4.90 Å². The summed E-state index contributed by atoms with van der Waals surface area (Å²) in [5.74, 6) is 0. The van der Waals surface area contributed by atoms with Crippen molar-refractivity contribution in [3.63, 3.8) is 0 Å². The Labute approximate surface area is 63.6 Å². The second-order valence-electron chi connectivity index (χ2n) is 2.83. The lowest BCUT2D eigenvalue weighted by Crippen LogP contribution is -2.52. The summed E-state index contributed by atoms with van der Waals surface area (Å²) in [5.41, 5.74) is 5.72. The van der Waals surface area contributed by atoms with Crippen LogP contribution in [0.4, 0.5) is 0 Å².